The summed E-state index contributed by atoms with van der Waals surface area (Å²) in [6.07, 6.45) is 1.07. The van der Waals surface area contributed by atoms with E-state index in [2.05, 4.69) is 0 Å². The Morgan fingerprint density at radius 3 is 2.76 bits per heavy atom. The second kappa shape index (κ2) is 5.71. The highest BCUT2D eigenvalue weighted by Gasteiger charge is 2.23. The summed E-state index contributed by atoms with van der Waals surface area (Å²) in [5.74, 6) is 1.70. The maximum absolute atomic E-state index is 6.12. The van der Waals surface area contributed by atoms with E-state index in [1.54, 1.807) is 7.11 Å². The van der Waals surface area contributed by atoms with Crippen molar-refractivity contribution < 1.29 is 9.47 Å². The average molecular weight is 256 g/mol. The summed E-state index contributed by atoms with van der Waals surface area (Å²) < 4.78 is 10.3. The molecule has 2 rings (SSSR count). The van der Waals surface area contributed by atoms with Crippen LogP contribution in [-0.2, 0) is 4.74 Å². The summed E-state index contributed by atoms with van der Waals surface area (Å²) in [5, 5.41) is 0.647. The maximum atomic E-state index is 6.12. The molecule has 1 heterocycles. The Labute approximate surface area is 107 Å². The van der Waals surface area contributed by atoms with Crippen molar-refractivity contribution in [2.75, 3.05) is 26.9 Å². The molecular formula is C13H18ClNO2. The molecule has 1 atom stereocenters. The van der Waals surface area contributed by atoms with Crippen molar-refractivity contribution in [3.05, 3.63) is 28.8 Å². The summed E-state index contributed by atoms with van der Waals surface area (Å²) in [7, 11) is 1.62. The number of benzene rings is 1. The molecule has 4 heteroatoms. The Balaban J connectivity index is 2.09. The van der Waals surface area contributed by atoms with Gasteiger partial charge in [0.05, 0.1) is 25.3 Å². The number of hydrogen-bond acceptors (Lipinski definition) is 3. The number of halogens is 1. The van der Waals surface area contributed by atoms with Crippen LogP contribution in [0.15, 0.2) is 18.2 Å². The van der Waals surface area contributed by atoms with Gasteiger partial charge in [0.25, 0.3) is 0 Å². The van der Waals surface area contributed by atoms with Gasteiger partial charge in [0, 0.05) is 5.92 Å². The molecule has 17 heavy (non-hydrogen) atoms. The molecule has 1 aliphatic rings. The molecule has 94 valence electrons. The monoisotopic (exact) mass is 255 g/mol. The molecule has 0 spiro atoms. The minimum Gasteiger partial charge on any atom is -0.495 e. The van der Waals surface area contributed by atoms with Gasteiger partial charge in [-0.25, -0.2) is 0 Å². The second-order valence-corrected chi connectivity index (χ2v) is 4.87. The Bertz CT molecular complexity index is 380. The molecule has 0 radical (unpaired) electrons. The predicted molar refractivity (Wildman–Crippen MR) is 68.7 cm³/mol. The highest BCUT2D eigenvalue weighted by Crippen LogP contribution is 2.32. The number of hydrogen-bond donors (Lipinski definition) is 1. The molecule has 0 amide bonds. The molecular weight excluding hydrogens is 238 g/mol. The third-order valence-electron chi connectivity index (χ3n) is 3.26. The van der Waals surface area contributed by atoms with Crippen LogP contribution in [0.5, 0.6) is 5.75 Å². The molecule has 0 saturated carbocycles. The molecule has 3 nitrogen and oxygen atoms in total. The van der Waals surface area contributed by atoms with E-state index in [-0.39, 0.29) is 0 Å². The van der Waals surface area contributed by atoms with Crippen LogP contribution < -0.4 is 10.5 Å². The number of rotatable bonds is 5. The standard InChI is InChI=1S/C13H18ClNO2/c1-16-13-3-2-10(5-12(13)14)11(6-15)4-9-7-17-8-9/h2-3,5,9,11H,4,6-8,15H2,1H3. The van der Waals surface area contributed by atoms with E-state index < -0.39 is 0 Å². The van der Waals surface area contributed by atoms with Crippen LogP contribution >= 0.6 is 11.6 Å². The van der Waals surface area contributed by atoms with E-state index >= 15 is 0 Å². The SMILES string of the molecule is COc1ccc(C(CN)CC2COC2)cc1Cl. The van der Waals surface area contributed by atoms with E-state index in [1.807, 2.05) is 18.2 Å². The average Bonchev–Trinajstić information content (AvgIpc) is 2.28. The van der Waals surface area contributed by atoms with Gasteiger partial charge in [0.1, 0.15) is 5.75 Å². The third-order valence-corrected chi connectivity index (χ3v) is 3.55. The molecule has 0 aromatic heterocycles. The smallest absolute Gasteiger partial charge is 0.137 e. The zero-order valence-electron chi connectivity index (χ0n) is 9.99. The third kappa shape index (κ3) is 2.92. The van der Waals surface area contributed by atoms with E-state index in [1.165, 1.54) is 5.56 Å². The molecule has 0 bridgehead atoms. The molecule has 1 aliphatic heterocycles. The minimum atomic E-state index is 0.354. The summed E-state index contributed by atoms with van der Waals surface area (Å²) in [5.41, 5.74) is 7.02. The highest BCUT2D eigenvalue weighted by atomic mass is 35.5. The summed E-state index contributed by atoms with van der Waals surface area (Å²) >= 11 is 6.12. The first kappa shape index (κ1) is 12.7. The number of nitrogens with two attached hydrogens (primary N) is 1. The Kier molecular flexibility index (Phi) is 4.26. The highest BCUT2D eigenvalue weighted by molar-refractivity contribution is 6.32. The van der Waals surface area contributed by atoms with Crippen molar-refractivity contribution in [1.29, 1.82) is 0 Å². The van der Waals surface area contributed by atoms with Crippen LogP contribution in [0.3, 0.4) is 0 Å². The molecule has 2 N–H and O–H groups in total. The lowest BCUT2D eigenvalue weighted by atomic mass is 9.88. The van der Waals surface area contributed by atoms with Gasteiger partial charge >= 0.3 is 0 Å². The first-order valence-corrected chi connectivity index (χ1v) is 6.23. The van der Waals surface area contributed by atoms with Crippen molar-refractivity contribution in [3.63, 3.8) is 0 Å². The van der Waals surface area contributed by atoms with Gasteiger partial charge < -0.3 is 15.2 Å². The van der Waals surface area contributed by atoms with E-state index in [9.17, 15) is 0 Å². The number of ether oxygens (including phenoxy) is 2. The lowest BCUT2D eigenvalue weighted by molar-refractivity contribution is -0.0382. The summed E-state index contributed by atoms with van der Waals surface area (Å²) in [6, 6.07) is 5.90. The lowest BCUT2D eigenvalue weighted by Crippen LogP contribution is -2.30. The zero-order valence-corrected chi connectivity index (χ0v) is 10.7. The molecule has 1 fully saturated rings. The van der Waals surface area contributed by atoms with Crippen LogP contribution in [-0.4, -0.2) is 26.9 Å². The molecule has 1 saturated heterocycles. The van der Waals surface area contributed by atoms with Crippen LogP contribution in [0.4, 0.5) is 0 Å². The fourth-order valence-corrected chi connectivity index (χ4v) is 2.39. The normalized spacial score (nSPS) is 17.6. The minimum absolute atomic E-state index is 0.354. The Morgan fingerprint density at radius 2 is 2.29 bits per heavy atom. The van der Waals surface area contributed by atoms with E-state index in [0.29, 0.717) is 29.2 Å². The molecule has 1 unspecified atom stereocenters. The predicted octanol–water partition coefficient (Wildman–Crippen LogP) is 2.43. The molecule has 1 aromatic carbocycles. The maximum Gasteiger partial charge on any atom is 0.137 e. The van der Waals surface area contributed by atoms with Crippen LogP contribution in [0.2, 0.25) is 5.02 Å². The molecule has 0 aliphatic carbocycles. The van der Waals surface area contributed by atoms with Gasteiger partial charge in [0.2, 0.25) is 0 Å². The quantitative estimate of drug-likeness (QED) is 0.879. The van der Waals surface area contributed by atoms with Crippen molar-refractivity contribution in [2.24, 2.45) is 11.7 Å². The lowest BCUT2D eigenvalue weighted by Gasteiger charge is -2.29. The largest absolute Gasteiger partial charge is 0.495 e. The van der Waals surface area contributed by atoms with Crippen molar-refractivity contribution in [3.8, 4) is 5.75 Å². The Hall–Kier alpha value is -0.770. The van der Waals surface area contributed by atoms with Gasteiger partial charge in [-0.1, -0.05) is 17.7 Å². The first-order valence-electron chi connectivity index (χ1n) is 5.85. The van der Waals surface area contributed by atoms with Crippen LogP contribution in [0.25, 0.3) is 0 Å². The molecule has 1 aromatic rings. The van der Waals surface area contributed by atoms with Crippen LogP contribution in [0, 0.1) is 5.92 Å². The van der Waals surface area contributed by atoms with E-state index in [0.717, 1.165) is 19.6 Å². The van der Waals surface area contributed by atoms with Crippen molar-refractivity contribution >= 4 is 11.6 Å². The fourth-order valence-electron chi connectivity index (χ4n) is 2.13. The zero-order chi connectivity index (χ0) is 12.3. The Morgan fingerprint density at radius 1 is 1.53 bits per heavy atom. The first-order chi connectivity index (χ1) is 8.24. The topological polar surface area (TPSA) is 44.5 Å². The van der Waals surface area contributed by atoms with Crippen molar-refractivity contribution in [2.45, 2.75) is 12.3 Å². The van der Waals surface area contributed by atoms with Crippen molar-refractivity contribution in [1.82, 2.24) is 0 Å². The second-order valence-electron chi connectivity index (χ2n) is 4.47. The van der Waals surface area contributed by atoms with E-state index in [4.69, 9.17) is 26.8 Å². The van der Waals surface area contributed by atoms with Gasteiger partial charge in [-0.3, -0.25) is 0 Å². The van der Waals surface area contributed by atoms with Gasteiger partial charge in [0.15, 0.2) is 0 Å². The van der Waals surface area contributed by atoms with Crippen LogP contribution in [0.1, 0.15) is 17.9 Å². The fraction of sp³-hybridized carbons (Fsp3) is 0.538. The summed E-state index contributed by atoms with van der Waals surface area (Å²) in [4.78, 5) is 0. The van der Waals surface area contributed by atoms with Gasteiger partial charge in [-0.2, -0.15) is 0 Å². The number of methoxy groups -OCH3 is 1. The van der Waals surface area contributed by atoms with Gasteiger partial charge in [-0.15, -0.1) is 0 Å². The van der Waals surface area contributed by atoms with Gasteiger partial charge in [-0.05, 0) is 36.6 Å². The summed E-state index contributed by atoms with van der Waals surface area (Å²) in [6.45, 7) is 2.36.